The van der Waals surface area contributed by atoms with Crippen molar-refractivity contribution in [2.45, 2.75) is 19.5 Å². The molecule has 2 aromatic heterocycles. The Bertz CT molecular complexity index is 534. The number of hydrogen-bond donors (Lipinski definition) is 0. The lowest BCUT2D eigenvalue weighted by atomic mass is 9.90. The Kier molecular flexibility index (Phi) is 2.62. The van der Waals surface area contributed by atoms with E-state index < -0.39 is 0 Å². The highest BCUT2D eigenvalue weighted by molar-refractivity contribution is 5.09. The lowest BCUT2D eigenvalue weighted by Gasteiger charge is -2.25. The van der Waals surface area contributed by atoms with Crippen LogP contribution in [0.1, 0.15) is 11.4 Å². The maximum atomic E-state index is 4.46. The number of hydrogen-bond acceptors (Lipinski definition) is 3. The summed E-state index contributed by atoms with van der Waals surface area (Å²) < 4.78 is 2.33. The molecule has 4 heteroatoms. The van der Waals surface area contributed by atoms with E-state index in [1.165, 1.54) is 24.5 Å². The second-order valence-electron chi connectivity index (χ2n) is 5.78. The molecule has 1 fully saturated rings. The summed E-state index contributed by atoms with van der Waals surface area (Å²) in [4.78, 5) is 11.2. The zero-order valence-electron chi connectivity index (χ0n) is 10.9. The van der Waals surface area contributed by atoms with Crippen molar-refractivity contribution in [2.75, 3.05) is 13.1 Å². The SMILES string of the molecule is c1cncc(CN2C[C@H]3Cc4nccn4C[C@@H]3C2)c1. The predicted octanol–water partition coefficient (Wildman–Crippen LogP) is 1.58. The number of likely N-dealkylation sites (tertiary alicyclic amines) is 1. The van der Waals surface area contributed by atoms with Gasteiger partial charge in [0.05, 0.1) is 0 Å². The summed E-state index contributed by atoms with van der Waals surface area (Å²) in [6.07, 6.45) is 9.01. The van der Waals surface area contributed by atoms with Crippen LogP contribution in [0.5, 0.6) is 0 Å². The molecular formula is C15H18N4. The first-order valence-electron chi connectivity index (χ1n) is 7.00. The zero-order chi connectivity index (χ0) is 12.7. The maximum Gasteiger partial charge on any atom is 0.108 e. The van der Waals surface area contributed by atoms with Gasteiger partial charge in [-0.3, -0.25) is 9.88 Å². The Labute approximate surface area is 113 Å². The summed E-state index contributed by atoms with van der Waals surface area (Å²) in [7, 11) is 0. The minimum absolute atomic E-state index is 0.784. The Morgan fingerprint density at radius 3 is 3.00 bits per heavy atom. The molecule has 0 amide bonds. The van der Waals surface area contributed by atoms with Crippen molar-refractivity contribution in [1.82, 2.24) is 19.4 Å². The Morgan fingerprint density at radius 1 is 1.16 bits per heavy atom. The summed E-state index contributed by atoms with van der Waals surface area (Å²) in [5.41, 5.74) is 1.32. The van der Waals surface area contributed by atoms with E-state index in [9.17, 15) is 0 Å². The second kappa shape index (κ2) is 4.46. The Morgan fingerprint density at radius 2 is 2.11 bits per heavy atom. The lowest BCUT2D eigenvalue weighted by molar-refractivity contribution is 0.306. The highest BCUT2D eigenvalue weighted by atomic mass is 15.2. The van der Waals surface area contributed by atoms with Crippen LogP contribution in [0.4, 0.5) is 0 Å². The molecule has 19 heavy (non-hydrogen) atoms. The molecule has 2 aromatic rings. The molecule has 4 heterocycles. The van der Waals surface area contributed by atoms with E-state index in [1.807, 2.05) is 24.7 Å². The molecule has 2 aliphatic rings. The van der Waals surface area contributed by atoms with Gasteiger partial charge in [-0.15, -0.1) is 0 Å². The molecule has 1 saturated heterocycles. The fourth-order valence-electron chi connectivity index (χ4n) is 3.54. The third-order valence-electron chi connectivity index (χ3n) is 4.46. The van der Waals surface area contributed by atoms with Crippen LogP contribution in [0.2, 0.25) is 0 Å². The van der Waals surface area contributed by atoms with Gasteiger partial charge in [0.2, 0.25) is 0 Å². The minimum Gasteiger partial charge on any atom is -0.335 e. The van der Waals surface area contributed by atoms with Gasteiger partial charge in [-0.05, 0) is 23.5 Å². The average Bonchev–Trinajstić information content (AvgIpc) is 3.01. The van der Waals surface area contributed by atoms with Gasteiger partial charge >= 0.3 is 0 Å². The second-order valence-corrected chi connectivity index (χ2v) is 5.78. The first-order valence-corrected chi connectivity index (χ1v) is 7.00. The highest BCUT2D eigenvalue weighted by Gasteiger charge is 2.36. The first-order chi connectivity index (χ1) is 9.38. The molecule has 0 saturated carbocycles. The van der Waals surface area contributed by atoms with Crippen molar-refractivity contribution < 1.29 is 0 Å². The number of nitrogens with zero attached hydrogens (tertiary/aromatic N) is 4. The summed E-state index contributed by atoms with van der Waals surface area (Å²) in [6.45, 7) is 4.58. The third-order valence-corrected chi connectivity index (χ3v) is 4.46. The molecule has 2 aliphatic heterocycles. The molecule has 0 aliphatic carbocycles. The molecule has 98 valence electrons. The quantitative estimate of drug-likeness (QED) is 0.816. The molecular weight excluding hydrogens is 236 g/mol. The summed E-state index contributed by atoms with van der Waals surface area (Å²) in [5, 5.41) is 0. The van der Waals surface area contributed by atoms with E-state index in [-0.39, 0.29) is 0 Å². The summed E-state index contributed by atoms with van der Waals surface area (Å²) in [5.74, 6) is 2.84. The number of aromatic nitrogens is 3. The van der Waals surface area contributed by atoms with E-state index in [1.54, 1.807) is 0 Å². The zero-order valence-corrected chi connectivity index (χ0v) is 10.9. The normalized spacial score (nSPS) is 26.1. The van der Waals surface area contributed by atoms with Crippen LogP contribution < -0.4 is 0 Å². The average molecular weight is 254 g/mol. The van der Waals surface area contributed by atoms with Crippen molar-refractivity contribution >= 4 is 0 Å². The van der Waals surface area contributed by atoms with Gasteiger partial charge in [0.15, 0.2) is 0 Å². The molecule has 0 aromatic carbocycles. The van der Waals surface area contributed by atoms with Crippen LogP contribution in [-0.2, 0) is 19.5 Å². The van der Waals surface area contributed by atoms with Gasteiger partial charge in [0.1, 0.15) is 5.82 Å². The van der Waals surface area contributed by atoms with Crippen molar-refractivity contribution in [1.29, 1.82) is 0 Å². The van der Waals surface area contributed by atoms with Crippen LogP contribution in [0.15, 0.2) is 36.9 Å². The van der Waals surface area contributed by atoms with E-state index >= 15 is 0 Å². The van der Waals surface area contributed by atoms with E-state index in [0.29, 0.717) is 0 Å². The third kappa shape index (κ3) is 2.06. The monoisotopic (exact) mass is 254 g/mol. The van der Waals surface area contributed by atoms with Crippen LogP contribution in [-0.4, -0.2) is 32.5 Å². The fraction of sp³-hybridized carbons (Fsp3) is 0.467. The fourth-order valence-corrected chi connectivity index (χ4v) is 3.54. The van der Waals surface area contributed by atoms with Crippen LogP contribution >= 0.6 is 0 Å². The number of rotatable bonds is 2. The van der Waals surface area contributed by atoms with E-state index in [4.69, 9.17) is 0 Å². The van der Waals surface area contributed by atoms with Gasteiger partial charge in [0, 0.05) is 57.4 Å². The molecule has 0 N–H and O–H groups in total. The molecule has 0 unspecified atom stereocenters. The van der Waals surface area contributed by atoms with Crippen LogP contribution in [0, 0.1) is 11.8 Å². The van der Waals surface area contributed by atoms with E-state index in [0.717, 1.165) is 31.3 Å². The van der Waals surface area contributed by atoms with Crippen LogP contribution in [0.3, 0.4) is 0 Å². The number of imidazole rings is 1. The Hall–Kier alpha value is -1.68. The van der Waals surface area contributed by atoms with Crippen molar-refractivity contribution in [2.24, 2.45) is 11.8 Å². The van der Waals surface area contributed by atoms with Gasteiger partial charge in [-0.25, -0.2) is 4.98 Å². The van der Waals surface area contributed by atoms with Gasteiger partial charge in [0.25, 0.3) is 0 Å². The smallest absolute Gasteiger partial charge is 0.108 e. The largest absolute Gasteiger partial charge is 0.335 e. The standard InChI is InChI=1S/C15H18N4/c1-2-12(7-16-3-1)8-18-9-13-6-15-17-4-5-19(15)11-14(13)10-18/h1-5,7,13-14H,6,8-11H2/t13-,14+/m1/s1. The van der Waals surface area contributed by atoms with Crippen LogP contribution in [0.25, 0.3) is 0 Å². The topological polar surface area (TPSA) is 34.0 Å². The minimum atomic E-state index is 0.784. The van der Waals surface area contributed by atoms with Gasteiger partial charge in [-0.2, -0.15) is 0 Å². The van der Waals surface area contributed by atoms with Crippen molar-refractivity contribution in [3.63, 3.8) is 0 Å². The molecule has 2 atom stereocenters. The molecule has 4 nitrogen and oxygen atoms in total. The summed E-state index contributed by atoms with van der Waals surface area (Å²) >= 11 is 0. The van der Waals surface area contributed by atoms with Gasteiger partial charge in [-0.1, -0.05) is 6.07 Å². The first kappa shape index (κ1) is 11.2. The highest BCUT2D eigenvalue weighted by Crippen LogP contribution is 2.32. The molecule has 0 spiro atoms. The lowest BCUT2D eigenvalue weighted by Crippen LogP contribution is -2.27. The number of fused-ring (bicyclic) bond motifs is 2. The maximum absolute atomic E-state index is 4.46. The molecule has 0 bridgehead atoms. The molecule has 4 rings (SSSR count). The molecule has 0 radical (unpaired) electrons. The van der Waals surface area contributed by atoms with Crippen molar-refractivity contribution in [3.8, 4) is 0 Å². The van der Waals surface area contributed by atoms with Gasteiger partial charge < -0.3 is 4.57 Å². The summed E-state index contributed by atoms with van der Waals surface area (Å²) in [6, 6.07) is 4.19. The van der Waals surface area contributed by atoms with E-state index in [2.05, 4.69) is 31.7 Å². The Balaban J connectivity index is 1.46. The van der Waals surface area contributed by atoms with Crippen molar-refractivity contribution in [3.05, 3.63) is 48.3 Å². The number of pyridine rings is 1. The predicted molar refractivity (Wildman–Crippen MR) is 72.4 cm³/mol.